The molecular weight excluding hydrogens is 230 g/mol. The minimum absolute atomic E-state index is 0.259. The molecule has 2 N–H and O–H groups in total. The Morgan fingerprint density at radius 2 is 1.58 bits per heavy atom. The second-order valence-electron chi connectivity index (χ2n) is 7.86. The number of benzene rings is 1. The zero-order chi connectivity index (χ0) is 13.8. The first-order valence-electron chi connectivity index (χ1n) is 7.75. The third kappa shape index (κ3) is 2.03. The maximum absolute atomic E-state index is 6.34. The lowest BCUT2D eigenvalue weighted by Crippen LogP contribution is -2.35. The molecule has 0 saturated heterocycles. The van der Waals surface area contributed by atoms with Gasteiger partial charge in [0.05, 0.1) is 0 Å². The van der Waals surface area contributed by atoms with Gasteiger partial charge in [0.25, 0.3) is 0 Å². The summed E-state index contributed by atoms with van der Waals surface area (Å²) in [6.07, 6.45) is 6.18. The molecule has 0 aromatic heterocycles. The molecule has 1 heteroatoms. The van der Waals surface area contributed by atoms with Crippen LogP contribution in [0.5, 0.6) is 0 Å². The fourth-order valence-corrected chi connectivity index (χ4v) is 3.91. The molecule has 0 aliphatic heterocycles. The molecule has 0 spiro atoms. The molecule has 104 valence electrons. The standard InChI is InChI=1S/C18H27N/c1-17(2)8-9-18(3,4)15-11-13-12(10-14(15)17)6-5-7-16(13)19/h10-11,16H,5-9,19H2,1-4H3/t16-/m1/s1. The molecule has 2 aliphatic rings. The van der Waals surface area contributed by atoms with E-state index in [1.807, 2.05) is 0 Å². The van der Waals surface area contributed by atoms with Gasteiger partial charge >= 0.3 is 0 Å². The molecule has 1 aromatic carbocycles. The van der Waals surface area contributed by atoms with E-state index in [2.05, 4.69) is 39.8 Å². The van der Waals surface area contributed by atoms with Gasteiger partial charge in [-0.1, -0.05) is 39.8 Å². The van der Waals surface area contributed by atoms with Gasteiger partial charge in [0.15, 0.2) is 0 Å². The van der Waals surface area contributed by atoms with Crippen LogP contribution in [0, 0.1) is 0 Å². The van der Waals surface area contributed by atoms with Crippen LogP contribution in [-0.2, 0) is 17.3 Å². The molecule has 0 amide bonds. The number of fused-ring (bicyclic) bond motifs is 2. The van der Waals surface area contributed by atoms with Crippen molar-refractivity contribution in [2.24, 2.45) is 5.73 Å². The Labute approximate surface area is 117 Å². The van der Waals surface area contributed by atoms with E-state index in [0.717, 1.165) is 6.42 Å². The van der Waals surface area contributed by atoms with E-state index in [0.29, 0.717) is 10.8 Å². The van der Waals surface area contributed by atoms with Gasteiger partial charge in [0, 0.05) is 6.04 Å². The lowest BCUT2D eigenvalue weighted by molar-refractivity contribution is 0.330. The molecule has 0 fully saturated rings. The summed E-state index contributed by atoms with van der Waals surface area (Å²) in [5.41, 5.74) is 13.0. The quantitative estimate of drug-likeness (QED) is 0.733. The SMILES string of the molecule is CC1(C)CCC(C)(C)c2cc3c(cc21)CCC[C@H]3N. The van der Waals surface area contributed by atoms with Crippen molar-refractivity contribution in [2.45, 2.75) is 76.7 Å². The summed E-state index contributed by atoms with van der Waals surface area (Å²) in [5, 5.41) is 0. The summed E-state index contributed by atoms with van der Waals surface area (Å²) in [7, 11) is 0. The van der Waals surface area contributed by atoms with Crippen molar-refractivity contribution in [1.29, 1.82) is 0 Å². The molecule has 1 aromatic rings. The van der Waals surface area contributed by atoms with Crippen molar-refractivity contribution in [3.8, 4) is 0 Å². The van der Waals surface area contributed by atoms with Crippen molar-refractivity contribution in [3.63, 3.8) is 0 Å². The van der Waals surface area contributed by atoms with E-state index in [1.165, 1.54) is 36.8 Å². The van der Waals surface area contributed by atoms with Gasteiger partial charge in [0.1, 0.15) is 0 Å². The Kier molecular flexibility index (Phi) is 2.83. The highest BCUT2D eigenvalue weighted by atomic mass is 14.6. The summed E-state index contributed by atoms with van der Waals surface area (Å²) in [4.78, 5) is 0. The number of aryl methyl sites for hydroxylation is 1. The largest absolute Gasteiger partial charge is 0.324 e. The van der Waals surface area contributed by atoms with Crippen molar-refractivity contribution in [1.82, 2.24) is 0 Å². The van der Waals surface area contributed by atoms with Crippen LogP contribution in [0.2, 0.25) is 0 Å². The first-order valence-corrected chi connectivity index (χ1v) is 7.75. The average Bonchev–Trinajstić information content (AvgIpc) is 2.35. The van der Waals surface area contributed by atoms with Crippen LogP contribution in [0.25, 0.3) is 0 Å². The van der Waals surface area contributed by atoms with Gasteiger partial charge in [-0.3, -0.25) is 0 Å². The summed E-state index contributed by atoms with van der Waals surface area (Å²) >= 11 is 0. The minimum atomic E-state index is 0.259. The number of rotatable bonds is 0. The highest BCUT2D eigenvalue weighted by Crippen LogP contribution is 2.47. The Morgan fingerprint density at radius 3 is 2.21 bits per heavy atom. The Bertz CT molecular complexity index is 511. The predicted octanol–water partition coefficient (Wildman–Crippen LogP) is 4.37. The van der Waals surface area contributed by atoms with E-state index in [9.17, 15) is 0 Å². The van der Waals surface area contributed by atoms with Crippen LogP contribution in [0.1, 0.15) is 81.7 Å². The maximum atomic E-state index is 6.34. The second kappa shape index (κ2) is 4.09. The van der Waals surface area contributed by atoms with Crippen molar-refractivity contribution >= 4 is 0 Å². The average molecular weight is 257 g/mol. The van der Waals surface area contributed by atoms with Crippen LogP contribution in [0.3, 0.4) is 0 Å². The van der Waals surface area contributed by atoms with Crippen molar-refractivity contribution in [2.75, 3.05) is 0 Å². The van der Waals surface area contributed by atoms with Gasteiger partial charge in [0.2, 0.25) is 0 Å². The molecule has 0 bridgehead atoms. The van der Waals surface area contributed by atoms with E-state index in [4.69, 9.17) is 5.73 Å². The van der Waals surface area contributed by atoms with Gasteiger partial charge in [-0.15, -0.1) is 0 Å². The van der Waals surface area contributed by atoms with Crippen LogP contribution >= 0.6 is 0 Å². The Morgan fingerprint density at radius 1 is 1.00 bits per heavy atom. The summed E-state index contributed by atoms with van der Waals surface area (Å²) in [6, 6.07) is 5.20. The second-order valence-corrected chi connectivity index (χ2v) is 7.86. The number of nitrogens with two attached hydrogens (primary N) is 1. The molecule has 19 heavy (non-hydrogen) atoms. The van der Waals surface area contributed by atoms with Crippen LogP contribution < -0.4 is 5.73 Å². The zero-order valence-electron chi connectivity index (χ0n) is 12.8. The van der Waals surface area contributed by atoms with E-state index >= 15 is 0 Å². The van der Waals surface area contributed by atoms with E-state index in [1.54, 1.807) is 11.1 Å². The first-order chi connectivity index (χ1) is 8.81. The summed E-state index contributed by atoms with van der Waals surface area (Å²) in [6.45, 7) is 9.58. The lowest BCUT2D eigenvalue weighted by atomic mass is 9.62. The summed E-state index contributed by atoms with van der Waals surface area (Å²) < 4.78 is 0. The van der Waals surface area contributed by atoms with Crippen molar-refractivity contribution in [3.05, 3.63) is 34.4 Å². The minimum Gasteiger partial charge on any atom is -0.324 e. The smallest absolute Gasteiger partial charge is 0.0297 e. The molecule has 3 rings (SSSR count). The molecule has 0 heterocycles. The van der Waals surface area contributed by atoms with E-state index in [-0.39, 0.29) is 6.04 Å². The summed E-state index contributed by atoms with van der Waals surface area (Å²) in [5.74, 6) is 0. The molecule has 1 atom stereocenters. The fraction of sp³-hybridized carbons (Fsp3) is 0.667. The van der Waals surface area contributed by atoms with Crippen LogP contribution in [0.4, 0.5) is 0 Å². The monoisotopic (exact) mass is 257 g/mol. The molecule has 0 saturated carbocycles. The number of hydrogen-bond acceptors (Lipinski definition) is 1. The van der Waals surface area contributed by atoms with Crippen molar-refractivity contribution < 1.29 is 0 Å². The molecule has 0 unspecified atom stereocenters. The third-order valence-electron chi connectivity index (χ3n) is 5.47. The predicted molar refractivity (Wildman–Crippen MR) is 81.6 cm³/mol. The zero-order valence-corrected chi connectivity index (χ0v) is 12.8. The highest BCUT2D eigenvalue weighted by Gasteiger charge is 2.38. The third-order valence-corrected chi connectivity index (χ3v) is 5.47. The Hall–Kier alpha value is -0.820. The van der Waals surface area contributed by atoms with E-state index < -0.39 is 0 Å². The fourth-order valence-electron chi connectivity index (χ4n) is 3.91. The van der Waals surface area contributed by atoms with Gasteiger partial charge in [-0.25, -0.2) is 0 Å². The van der Waals surface area contributed by atoms with Gasteiger partial charge in [-0.05, 0) is 65.2 Å². The molecule has 2 aliphatic carbocycles. The Balaban J connectivity index is 2.22. The molecular formula is C18H27N. The van der Waals surface area contributed by atoms with Gasteiger partial charge in [-0.2, -0.15) is 0 Å². The molecule has 1 nitrogen and oxygen atoms in total. The topological polar surface area (TPSA) is 26.0 Å². The number of hydrogen-bond donors (Lipinski definition) is 1. The van der Waals surface area contributed by atoms with Crippen LogP contribution in [-0.4, -0.2) is 0 Å². The highest BCUT2D eigenvalue weighted by molar-refractivity contribution is 5.48. The lowest BCUT2D eigenvalue weighted by Gasteiger charge is -2.43. The van der Waals surface area contributed by atoms with Gasteiger partial charge < -0.3 is 5.73 Å². The maximum Gasteiger partial charge on any atom is 0.0297 e. The van der Waals surface area contributed by atoms with Crippen LogP contribution in [0.15, 0.2) is 12.1 Å². The first kappa shape index (κ1) is 13.2. The normalized spacial score (nSPS) is 27.5. The molecule has 0 radical (unpaired) electrons.